The van der Waals surface area contributed by atoms with Crippen LogP contribution in [0.5, 0.6) is 5.75 Å². The first kappa shape index (κ1) is 25.4. The van der Waals surface area contributed by atoms with E-state index in [-0.39, 0.29) is 35.8 Å². The Balaban J connectivity index is 0.00000341. The van der Waals surface area contributed by atoms with Crippen molar-refractivity contribution in [2.24, 2.45) is 4.99 Å². The van der Waals surface area contributed by atoms with E-state index in [1.807, 2.05) is 54.6 Å². The van der Waals surface area contributed by atoms with Crippen molar-refractivity contribution in [2.45, 2.75) is 31.2 Å². The number of piperidine rings is 1. The molecule has 9 heteroatoms. The van der Waals surface area contributed by atoms with Crippen LogP contribution in [0.4, 0.5) is 0 Å². The van der Waals surface area contributed by atoms with Gasteiger partial charge in [-0.15, -0.1) is 24.0 Å². The molecule has 1 saturated heterocycles. The van der Waals surface area contributed by atoms with Gasteiger partial charge in [0.05, 0.1) is 5.75 Å². The maximum Gasteiger partial charge on any atom is 0.215 e. The number of sulfonamides is 1. The van der Waals surface area contributed by atoms with Crippen molar-refractivity contribution in [2.75, 3.05) is 27.2 Å². The average Bonchev–Trinajstić information content (AvgIpc) is 2.76. The normalized spacial score (nSPS) is 15.3. The van der Waals surface area contributed by atoms with E-state index in [0.717, 1.165) is 48.8 Å². The zero-order valence-electron chi connectivity index (χ0n) is 18.0. The summed E-state index contributed by atoms with van der Waals surface area (Å²) in [6.45, 7) is 2.33. The molecule has 1 fully saturated rings. The van der Waals surface area contributed by atoms with Gasteiger partial charge in [-0.3, -0.25) is 4.99 Å². The molecule has 31 heavy (non-hydrogen) atoms. The third-order valence-electron chi connectivity index (χ3n) is 5.11. The van der Waals surface area contributed by atoms with Gasteiger partial charge in [-0.1, -0.05) is 42.5 Å². The number of likely N-dealkylation sites (tertiary alicyclic amines) is 1. The van der Waals surface area contributed by atoms with E-state index < -0.39 is 10.0 Å². The number of para-hydroxylation sites is 1. The van der Waals surface area contributed by atoms with Crippen LogP contribution in [0, 0.1) is 0 Å². The summed E-state index contributed by atoms with van der Waals surface area (Å²) in [6.07, 6.45) is 2.09. The molecule has 0 radical (unpaired) electrons. The van der Waals surface area contributed by atoms with E-state index in [2.05, 4.69) is 19.9 Å². The summed E-state index contributed by atoms with van der Waals surface area (Å²) in [5.74, 6) is 1.74. The number of halogens is 1. The Kier molecular flexibility index (Phi) is 10.0. The lowest BCUT2D eigenvalue weighted by Crippen LogP contribution is -2.47. The Morgan fingerprint density at radius 2 is 1.77 bits per heavy atom. The number of aliphatic imine (C=N–C) groups is 1. The Labute approximate surface area is 202 Å². The molecule has 0 bridgehead atoms. The van der Waals surface area contributed by atoms with E-state index in [4.69, 9.17) is 4.74 Å². The Morgan fingerprint density at radius 3 is 2.42 bits per heavy atom. The number of hydrogen-bond donors (Lipinski definition) is 2. The van der Waals surface area contributed by atoms with Gasteiger partial charge in [-0.05, 0) is 30.3 Å². The zero-order chi connectivity index (χ0) is 21.4. The Morgan fingerprint density at radius 1 is 1.10 bits per heavy atom. The molecule has 0 atom stereocenters. The second-order valence-electron chi connectivity index (χ2n) is 7.30. The predicted octanol–water partition coefficient (Wildman–Crippen LogP) is 2.97. The topological polar surface area (TPSA) is 83.0 Å². The fourth-order valence-corrected chi connectivity index (χ4v) is 4.27. The monoisotopic (exact) mass is 558 g/mol. The second kappa shape index (κ2) is 12.3. The molecular formula is C22H31IN4O3S. The van der Waals surface area contributed by atoms with Crippen LogP contribution in [0.25, 0.3) is 0 Å². The molecular weight excluding hydrogens is 527 g/mol. The number of guanidine groups is 1. The van der Waals surface area contributed by atoms with Crippen LogP contribution in [0.1, 0.15) is 24.0 Å². The first-order chi connectivity index (χ1) is 14.5. The van der Waals surface area contributed by atoms with Crippen LogP contribution in [-0.4, -0.2) is 52.6 Å². The first-order valence-electron chi connectivity index (χ1n) is 10.2. The summed E-state index contributed by atoms with van der Waals surface area (Å²) in [4.78, 5) is 6.65. The highest BCUT2D eigenvalue weighted by Gasteiger charge is 2.22. The van der Waals surface area contributed by atoms with Gasteiger partial charge in [-0.2, -0.15) is 0 Å². The number of benzene rings is 2. The first-order valence-corrected chi connectivity index (χ1v) is 11.8. The molecule has 0 spiro atoms. The molecule has 2 aromatic carbocycles. The van der Waals surface area contributed by atoms with Gasteiger partial charge in [-0.25, -0.2) is 13.1 Å². The number of nitrogens with zero attached hydrogens (tertiary/aromatic N) is 2. The van der Waals surface area contributed by atoms with Crippen molar-refractivity contribution in [3.8, 4) is 5.75 Å². The summed E-state index contributed by atoms with van der Waals surface area (Å²) in [5, 5.41) is 3.39. The maximum absolute atomic E-state index is 11.8. The number of ether oxygens (including phenoxy) is 1. The molecule has 7 nitrogen and oxygen atoms in total. The number of rotatable bonds is 7. The lowest BCUT2D eigenvalue weighted by atomic mass is 10.1. The summed E-state index contributed by atoms with van der Waals surface area (Å²) in [7, 11) is -0.0726. The molecule has 1 aliphatic rings. The highest BCUT2D eigenvalue weighted by atomic mass is 127. The summed E-state index contributed by atoms with van der Waals surface area (Å²) < 4.78 is 32.0. The van der Waals surface area contributed by atoms with Crippen LogP contribution in [0.15, 0.2) is 59.6 Å². The van der Waals surface area contributed by atoms with Gasteiger partial charge in [0, 0.05) is 39.5 Å². The van der Waals surface area contributed by atoms with Crippen molar-refractivity contribution < 1.29 is 13.2 Å². The van der Waals surface area contributed by atoms with Crippen molar-refractivity contribution in [3.05, 3.63) is 65.7 Å². The van der Waals surface area contributed by atoms with Crippen LogP contribution in [0.2, 0.25) is 0 Å². The molecule has 170 valence electrons. The van der Waals surface area contributed by atoms with Gasteiger partial charge in [0.25, 0.3) is 0 Å². The molecule has 1 heterocycles. The molecule has 3 rings (SSSR count). The second-order valence-corrected chi connectivity index (χ2v) is 9.23. The SMILES string of the molecule is CN=C(NCc1cccc(CS(=O)(=O)NC)c1)N1CCC(Oc2ccccc2)CC1.I. The van der Waals surface area contributed by atoms with E-state index in [1.165, 1.54) is 7.05 Å². The Bertz CT molecular complexity index is 946. The minimum Gasteiger partial charge on any atom is -0.490 e. The summed E-state index contributed by atoms with van der Waals surface area (Å²) in [6, 6.07) is 17.5. The zero-order valence-corrected chi connectivity index (χ0v) is 21.1. The molecule has 1 aliphatic heterocycles. The molecule has 0 aromatic heterocycles. The van der Waals surface area contributed by atoms with Gasteiger partial charge in [0.2, 0.25) is 10.0 Å². The summed E-state index contributed by atoms with van der Waals surface area (Å²) >= 11 is 0. The van der Waals surface area contributed by atoms with Crippen LogP contribution < -0.4 is 14.8 Å². The van der Waals surface area contributed by atoms with Crippen LogP contribution in [-0.2, 0) is 22.3 Å². The highest BCUT2D eigenvalue weighted by molar-refractivity contribution is 14.0. The minimum absolute atomic E-state index is 0. The largest absolute Gasteiger partial charge is 0.490 e. The summed E-state index contributed by atoms with van der Waals surface area (Å²) in [5.41, 5.74) is 1.78. The standard InChI is InChI=1S/C22H30N4O3S.HI/c1-23-22(25-16-18-7-6-8-19(15-18)17-30(27,28)24-2)26-13-11-21(12-14-26)29-20-9-4-3-5-10-20;/h3-10,15,21,24H,11-14,16-17H2,1-2H3,(H,23,25);1H. The maximum atomic E-state index is 11.8. The third-order valence-corrected chi connectivity index (χ3v) is 6.44. The van der Waals surface area contributed by atoms with E-state index in [0.29, 0.717) is 6.54 Å². The van der Waals surface area contributed by atoms with Crippen molar-refractivity contribution >= 4 is 40.0 Å². The van der Waals surface area contributed by atoms with Gasteiger partial charge < -0.3 is 15.0 Å². The number of nitrogens with one attached hydrogen (secondary N) is 2. The number of hydrogen-bond acceptors (Lipinski definition) is 4. The van der Waals surface area contributed by atoms with Crippen LogP contribution in [0.3, 0.4) is 0 Å². The molecule has 2 N–H and O–H groups in total. The third kappa shape index (κ3) is 7.97. The minimum atomic E-state index is -3.28. The molecule has 0 saturated carbocycles. The van der Waals surface area contributed by atoms with E-state index in [9.17, 15) is 8.42 Å². The van der Waals surface area contributed by atoms with Gasteiger partial charge >= 0.3 is 0 Å². The average molecular weight is 558 g/mol. The van der Waals surface area contributed by atoms with Gasteiger partial charge in [0.15, 0.2) is 5.96 Å². The van der Waals surface area contributed by atoms with E-state index in [1.54, 1.807) is 7.05 Å². The van der Waals surface area contributed by atoms with E-state index >= 15 is 0 Å². The predicted molar refractivity (Wildman–Crippen MR) is 135 cm³/mol. The Hall–Kier alpha value is -1.85. The lowest BCUT2D eigenvalue weighted by molar-refractivity contribution is 0.129. The van der Waals surface area contributed by atoms with Crippen LogP contribution >= 0.6 is 24.0 Å². The smallest absolute Gasteiger partial charge is 0.215 e. The lowest BCUT2D eigenvalue weighted by Gasteiger charge is -2.34. The van der Waals surface area contributed by atoms with Gasteiger partial charge in [0.1, 0.15) is 11.9 Å². The van der Waals surface area contributed by atoms with Crippen molar-refractivity contribution in [1.82, 2.24) is 14.9 Å². The fourth-order valence-electron chi connectivity index (χ4n) is 3.51. The highest BCUT2D eigenvalue weighted by Crippen LogP contribution is 2.19. The van der Waals surface area contributed by atoms with Crippen molar-refractivity contribution in [1.29, 1.82) is 0 Å². The molecule has 0 unspecified atom stereocenters. The fraction of sp³-hybridized carbons (Fsp3) is 0.409. The van der Waals surface area contributed by atoms with Crippen molar-refractivity contribution in [3.63, 3.8) is 0 Å². The quantitative estimate of drug-likeness (QED) is 0.310. The molecule has 0 aliphatic carbocycles. The molecule has 2 aromatic rings. The molecule has 0 amide bonds.